The van der Waals surface area contributed by atoms with E-state index in [0.717, 1.165) is 7.11 Å². The molecule has 2 rings (SSSR count). The number of hydrogen-bond acceptors (Lipinski definition) is 3. The Kier molecular flexibility index (Phi) is 6.59. The highest BCUT2D eigenvalue weighted by atomic mass is 31.1. The molecule has 0 radical (unpaired) electrons. The molecule has 28 heavy (non-hydrogen) atoms. The summed E-state index contributed by atoms with van der Waals surface area (Å²) in [5.74, 6) is -0.415. The van der Waals surface area contributed by atoms with Crippen molar-refractivity contribution in [2.24, 2.45) is 0 Å². The van der Waals surface area contributed by atoms with E-state index in [2.05, 4.69) is 4.74 Å². The number of benzene rings is 2. The van der Waals surface area contributed by atoms with Crippen LogP contribution >= 0.6 is 8.58 Å². The lowest BCUT2D eigenvalue weighted by atomic mass is 10.00. The summed E-state index contributed by atoms with van der Waals surface area (Å²) in [6.07, 6.45) is -10.4. The number of carbonyl (C=O) groups is 1. The predicted octanol–water partition coefficient (Wildman–Crippen LogP) is 5.28. The third-order valence-corrected chi connectivity index (χ3v) is 4.78. The lowest BCUT2D eigenvalue weighted by molar-refractivity contribution is -0.143. The molecule has 2 aromatic rings. The van der Waals surface area contributed by atoms with Crippen LogP contribution in [-0.4, -0.2) is 19.2 Å². The molecule has 152 valence electrons. The van der Waals surface area contributed by atoms with E-state index in [1.54, 1.807) is 13.0 Å². The van der Waals surface area contributed by atoms with Crippen molar-refractivity contribution in [3.05, 3.63) is 53.1 Å². The van der Waals surface area contributed by atoms with Crippen LogP contribution in [0.25, 0.3) is 0 Å². The first-order chi connectivity index (χ1) is 13.0. The normalized spacial score (nSPS) is 12.4. The minimum absolute atomic E-state index is 0.214. The summed E-state index contributed by atoms with van der Waals surface area (Å²) in [6, 6.07) is 6.79. The van der Waals surface area contributed by atoms with E-state index in [-0.39, 0.29) is 17.7 Å². The second-order valence-corrected chi connectivity index (χ2v) is 6.72. The molecule has 0 heterocycles. The Morgan fingerprint density at radius 1 is 1.00 bits per heavy atom. The maximum atomic E-state index is 13.4. The van der Waals surface area contributed by atoms with Crippen LogP contribution < -0.4 is 14.8 Å². The van der Waals surface area contributed by atoms with Crippen LogP contribution in [0.1, 0.15) is 28.4 Å². The Morgan fingerprint density at radius 3 is 2.00 bits per heavy atom. The van der Waals surface area contributed by atoms with Crippen molar-refractivity contribution in [1.29, 1.82) is 0 Å². The minimum Gasteiger partial charge on any atom is -0.497 e. The van der Waals surface area contributed by atoms with Gasteiger partial charge in [-0.05, 0) is 33.7 Å². The molecule has 1 unspecified atom stereocenters. The van der Waals surface area contributed by atoms with E-state index in [9.17, 15) is 31.1 Å². The number of halogens is 6. The molecule has 0 aromatic heterocycles. The molecule has 0 aliphatic rings. The molecule has 0 saturated heterocycles. The fraction of sp³-hybridized carbons (Fsp3) is 0.278. The van der Waals surface area contributed by atoms with E-state index in [1.807, 2.05) is 0 Å². The first-order valence-electron chi connectivity index (χ1n) is 7.88. The molecule has 0 spiro atoms. The summed E-state index contributed by atoms with van der Waals surface area (Å²) in [6.45, 7) is 1.88. The maximum Gasteiger partial charge on any atom is 0.417 e. The third-order valence-electron chi connectivity index (χ3n) is 3.62. The molecule has 0 amide bonds. The maximum absolute atomic E-state index is 13.4. The van der Waals surface area contributed by atoms with Crippen LogP contribution in [0.5, 0.6) is 11.5 Å². The molecule has 0 saturated carbocycles. The quantitative estimate of drug-likeness (QED) is 0.468. The van der Waals surface area contributed by atoms with Crippen LogP contribution in [0.4, 0.5) is 26.3 Å². The molecule has 0 bridgehead atoms. The minimum atomic E-state index is -5.18. The molecule has 10 heteroatoms. The Morgan fingerprint density at radius 2 is 1.54 bits per heavy atom. The number of carbonyl (C=O) groups excluding carboxylic acids is 1. The number of para-hydroxylation sites is 1. The van der Waals surface area contributed by atoms with Gasteiger partial charge in [0.1, 0.15) is 11.5 Å². The van der Waals surface area contributed by atoms with E-state index >= 15 is 0 Å². The van der Waals surface area contributed by atoms with Gasteiger partial charge in [-0.25, -0.2) is 0 Å². The van der Waals surface area contributed by atoms with Gasteiger partial charge in [0.05, 0.1) is 24.8 Å². The monoisotopic (exact) mass is 424 g/mol. The van der Waals surface area contributed by atoms with E-state index in [1.165, 1.54) is 18.2 Å². The van der Waals surface area contributed by atoms with Crippen LogP contribution in [0.2, 0.25) is 0 Å². The molecule has 0 fully saturated rings. The van der Waals surface area contributed by atoms with Crippen molar-refractivity contribution < 1.29 is 40.6 Å². The predicted molar refractivity (Wildman–Crippen MR) is 92.9 cm³/mol. The van der Waals surface area contributed by atoms with Crippen LogP contribution in [-0.2, 0) is 12.4 Å². The molecular formula is C18H15F6O3P. The molecular weight excluding hydrogens is 409 g/mol. The number of alkyl halides is 6. The largest absolute Gasteiger partial charge is 0.497 e. The number of methoxy groups -OCH3 is 1. The molecule has 1 atom stereocenters. The number of ether oxygens (including phenoxy) is 2. The van der Waals surface area contributed by atoms with Crippen molar-refractivity contribution >= 4 is 19.4 Å². The lowest BCUT2D eigenvalue weighted by Crippen LogP contribution is -2.20. The zero-order valence-electron chi connectivity index (χ0n) is 14.7. The number of rotatable bonds is 6. The second-order valence-electron chi connectivity index (χ2n) is 5.48. The van der Waals surface area contributed by atoms with Crippen molar-refractivity contribution in [2.45, 2.75) is 19.3 Å². The summed E-state index contributed by atoms with van der Waals surface area (Å²) in [5.41, 5.74) is -6.10. The summed E-state index contributed by atoms with van der Waals surface area (Å²) >= 11 is 0. The van der Waals surface area contributed by atoms with Crippen molar-refractivity contribution in [3.8, 4) is 11.5 Å². The van der Waals surface area contributed by atoms with Gasteiger partial charge in [-0.3, -0.25) is 4.79 Å². The van der Waals surface area contributed by atoms with Gasteiger partial charge in [0.25, 0.3) is 0 Å². The van der Waals surface area contributed by atoms with Crippen molar-refractivity contribution in [3.63, 3.8) is 0 Å². The van der Waals surface area contributed by atoms with E-state index in [0.29, 0.717) is 12.1 Å². The van der Waals surface area contributed by atoms with Gasteiger partial charge in [-0.1, -0.05) is 18.2 Å². The van der Waals surface area contributed by atoms with Crippen LogP contribution in [0, 0.1) is 0 Å². The van der Waals surface area contributed by atoms with Crippen LogP contribution in [0.3, 0.4) is 0 Å². The highest BCUT2D eigenvalue weighted by Crippen LogP contribution is 2.44. The number of hydrogen-bond donors (Lipinski definition) is 0. The van der Waals surface area contributed by atoms with Crippen molar-refractivity contribution in [2.75, 3.05) is 13.7 Å². The van der Waals surface area contributed by atoms with Crippen LogP contribution in [0.15, 0.2) is 36.4 Å². The van der Waals surface area contributed by atoms with Gasteiger partial charge in [-0.2, -0.15) is 26.3 Å². The van der Waals surface area contributed by atoms with Gasteiger partial charge in [0, 0.05) is 10.9 Å². The first-order valence-corrected chi connectivity index (χ1v) is 8.88. The second kappa shape index (κ2) is 8.39. The molecule has 0 aliphatic heterocycles. The summed E-state index contributed by atoms with van der Waals surface area (Å²) in [5, 5.41) is 0.214. The van der Waals surface area contributed by atoms with Crippen molar-refractivity contribution in [1.82, 2.24) is 0 Å². The average molecular weight is 424 g/mol. The third kappa shape index (κ3) is 4.95. The van der Waals surface area contributed by atoms with Gasteiger partial charge >= 0.3 is 12.4 Å². The average Bonchev–Trinajstić information content (AvgIpc) is 2.60. The smallest absolute Gasteiger partial charge is 0.417 e. The molecule has 0 N–H and O–H groups in total. The highest BCUT2D eigenvalue weighted by molar-refractivity contribution is 7.66. The first kappa shape index (κ1) is 22.0. The van der Waals surface area contributed by atoms with Gasteiger partial charge in [0.15, 0.2) is 5.52 Å². The zero-order valence-corrected chi connectivity index (χ0v) is 15.7. The summed E-state index contributed by atoms with van der Waals surface area (Å²) in [7, 11) is -0.0503. The fourth-order valence-corrected chi connectivity index (χ4v) is 3.56. The zero-order chi connectivity index (χ0) is 21.1. The SMILES string of the molecule is CCOc1ccccc1PC(=O)c1c(C(F)(F)F)cc(OC)cc1C(F)(F)F. The van der Waals surface area contributed by atoms with Gasteiger partial charge in [-0.15, -0.1) is 0 Å². The van der Waals surface area contributed by atoms with Gasteiger partial charge in [0.2, 0.25) is 0 Å². The summed E-state index contributed by atoms with van der Waals surface area (Å²) in [4.78, 5) is 12.6. The Balaban J connectivity index is 2.64. The molecule has 0 aliphatic carbocycles. The fourth-order valence-electron chi connectivity index (χ4n) is 2.46. The standard InChI is InChI=1S/C18H15F6O3P/c1-3-27-13-6-4-5-7-14(13)28-16(25)15-11(17(19,20)21)8-10(26-2)9-12(15)18(22,23)24/h4-9,28H,3H2,1-2H3. The Bertz CT molecular complexity index is 826. The van der Waals surface area contributed by atoms with E-state index < -0.39 is 48.9 Å². The molecule has 3 nitrogen and oxygen atoms in total. The van der Waals surface area contributed by atoms with Gasteiger partial charge < -0.3 is 9.47 Å². The highest BCUT2D eigenvalue weighted by Gasteiger charge is 2.43. The Labute approximate surface area is 158 Å². The Hall–Kier alpha value is -2.28. The van der Waals surface area contributed by atoms with E-state index in [4.69, 9.17) is 4.74 Å². The summed E-state index contributed by atoms with van der Waals surface area (Å²) < 4.78 is 90.5. The topological polar surface area (TPSA) is 35.5 Å². The molecule has 2 aromatic carbocycles. The lowest BCUT2D eigenvalue weighted by Gasteiger charge is -2.19.